The van der Waals surface area contributed by atoms with Crippen molar-refractivity contribution in [2.24, 2.45) is 0 Å². The van der Waals surface area contributed by atoms with Crippen molar-refractivity contribution in [1.29, 1.82) is 0 Å². The smallest absolute Gasteiger partial charge is 0.252 e. The first kappa shape index (κ1) is 9.67. The molecule has 0 amide bonds. The molecule has 80 valence electrons. The van der Waals surface area contributed by atoms with E-state index in [0.29, 0.717) is 5.02 Å². The van der Waals surface area contributed by atoms with Crippen LogP contribution in [0.1, 0.15) is 5.56 Å². The summed E-state index contributed by atoms with van der Waals surface area (Å²) >= 11 is 5.94. The molecule has 2 aromatic rings. The Balaban J connectivity index is 2.36. The van der Waals surface area contributed by atoms with Gasteiger partial charge in [-0.05, 0) is 18.1 Å². The molecule has 0 unspecified atom stereocenters. The first-order chi connectivity index (χ1) is 7.75. The van der Waals surface area contributed by atoms with Gasteiger partial charge in [-0.25, -0.2) is 0 Å². The zero-order chi connectivity index (χ0) is 11.1. The monoisotopic (exact) mass is 231 g/mol. The van der Waals surface area contributed by atoms with Crippen molar-refractivity contribution in [1.82, 2.24) is 4.57 Å². The molecule has 0 bridgehead atoms. The zero-order valence-corrected chi connectivity index (χ0v) is 9.37. The Morgan fingerprint density at radius 1 is 1.19 bits per heavy atom. The largest absolute Gasteiger partial charge is 0.308 e. The van der Waals surface area contributed by atoms with Gasteiger partial charge in [0.05, 0.1) is 5.69 Å². The molecule has 0 spiro atoms. The second kappa shape index (κ2) is 3.49. The van der Waals surface area contributed by atoms with Crippen molar-refractivity contribution in [2.75, 3.05) is 0 Å². The minimum Gasteiger partial charge on any atom is -0.308 e. The van der Waals surface area contributed by atoms with Gasteiger partial charge in [-0.2, -0.15) is 0 Å². The molecule has 3 rings (SSSR count). The Bertz CT molecular complexity index is 616. The van der Waals surface area contributed by atoms with Crippen molar-refractivity contribution in [3.63, 3.8) is 0 Å². The van der Waals surface area contributed by atoms with Gasteiger partial charge in [-0.3, -0.25) is 4.79 Å². The second-order valence-electron chi connectivity index (χ2n) is 3.96. The zero-order valence-electron chi connectivity index (χ0n) is 8.61. The summed E-state index contributed by atoms with van der Waals surface area (Å²) in [4.78, 5) is 11.8. The molecule has 0 saturated carbocycles. The molecule has 1 aliphatic heterocycles. The molecule has 2 nitrogen and oxygen atoms in total. The fourth-order valence-electron chi connectivity index (χ4n) is 2.24. The number of fused-ring (bicyclic) bond motifs is 3. The van der Waals surface area contributed by atoms with E-state index in [9.17, 15) is 4.79 Å². The lowest BCUT2D eigenvalue weighted by Gasteiger charge is -2.21. The molecule has 1 aromatic carbocycles. The maximum atomic E-state index is 11.8. The van der Waals surface area contributed by atoms with Gasteiger partial charge in [-0.1, -0.05) is 35.9 Å². The first-order valence-corrected chi connectivity index (χ1v) is 5.62. The second-order valence-corrected chi connectivity index (χ2v) is 4.39. The Morgan fingerprint density at radius 2 is 2.00 bits per heavy atom. The van der Waals surface area contributed by atoms with Crippen LogP contribution in [0, 0.1) is 0 Å². The quantitative estimate of drug-likeness (QED) is 0.683. The molecule has 0 N–H and O–H groups in total. The maximum absolute atomic E-state index is 11.8. The van der Waals surface area contributed by atoms with Crippen LogP contribution in [0.15, 0.2) is 41.2 Å². The Morgan fingerprint density at radius 3 is 2.88 bits per heavy atom. The van der Waals surface area contributed by atoms with Crippen LogP contribution in [-0.2, 0) is 13.0 Å². The Hall–Kier alpha value is -1.54. The van der Waals surface area contributed by atoms with Crippen LogP contribution in [0.25, 0.3) is 11.3 Å². The average Bonchev–Trinajstić information content (AvgIpc) is 2.28. The molecule has 0 fully saturated rings. The highest BCUT2D eigenvalue weighted by atomic mass is 35.5. The van der Waals surface area contributed by atoms with E-state index in [-0.39, 0.29) is 5.56 Å². The van der Waals surface area contributed by atoms with E-state index in [1.54, 1.807) is 4.57 Å². The van der Waals surface area contributed by atoms with E-state index in [1.165, 1.54) is 11.6 Å². The number of aromatic nitrogens is 1. The summed E-state index contributed by atoms with van der Waals surface area (Å²) in [5, 5.41) is 0.507. The van der Waals surface area contributed by atoms with Gasteiger partial charge in [-0.15, -0.1) is 0 Å². The van der Waals surface area contributed by atoms with Crippen molar-refractivity contribution in [2.45, 2.75) is 13.0 Å². The Kier molecular flexibility index (Phi) is 2.11. The number of aryl methyl sites for hydroxylation is 1. The van der Waals surface area contributed by atoms with Gasteiger partial charge in [0.25, 0.3) is 5.56 Å². The molecule has 16 heavy (non-hydrogen) atoms. The lowest BCUT2D eigenvalue weighted by molar-refractivity contribution is 0.659. The van der Waals surface area contributed by atoms with Crippen LogP contribution in [0.2, 0.25) is 5.02 Å². The van der Waals surface area contributed by atoms with Crippen LogP contribution in [0.5, 0.6) is 0 Å². The number of hydrogen-bond donors (Lipinski definition) is 0. The number of rotatable bonds is 0. The summed E-state index contributed by atoms with van der Waals surface area (Å²) in [6.45, 7) is 0.738. The predicted octanol–water partition coefficient (Wildman–Crippen LogP) is 2.72. The molecule has 0 saturated heterocycles. The van der Waals surface area contributed by atoms with Crippen molar-refractivity contribution in [3.8, 4) is 11.3 Å². The van der Waals surface area contributed by atoms with Crippen LogP contribution >= 0.6 is 11.6 Å². The number of pyridine rings is 1. The molecule has 1 aliphatic rings. The number of benzene rings is 1. The standard InChI is InChI=1S/C13H10ClNO/c14-10-7-12-11-4-2-1-3-9(11)5-6-15(12)13(16)8-10/h1-4,7-8H,5-6H2. The minimum atomic E-state index is -0.0167. The van der Waals surface area contributed by atoms with Crippen LogP contribution in [0.3, 0.4) is 0 Å². The predicted molar refractivity (Wildman–Crippen MR) is 64.9 cm³/mol. The summed E-state index contributed by atoms with van der Waals surface area (Å²) in [5.74, 6) is 0. The first-order valence-electron chi connectivity index (χ1n) is 5.24. The van der Waals surface area contributed by atoms with Gasteiger partial charge < -0.3 is 4.57 Å². The lowest BCUT2D eigenvalue weighted by atomic mass is 9.98. The molecular formula is C13H10ClNO. The van der Waals surface area contributed by atoms with Gasteiger partial charge >= 0.3 is 0 Å². The van der Waals surface area contributed by atoms with E-state index in [1.807, 2.05) is 24.3 Å². The fraction of sp³-hybridized carbons (Fsp3) is 0.154. The van der Waals surface area contributed by atoms with E-state index in [4.69, 9.17) is 11.6 Å². The highest BCUT2D eigenvalue weighted by Crippen LogP contribution is 2.29. The van der Waals surface area contributed by atoms with Gasteiger partial charge in [0, 0.05) is 23.2 Å². The molecule has 0 radical (unpaired) electrons. The van der Waals surface area contributed by atoms with Crippen molar-refractivity contribution < 1.29 is 0 Å². The highest BCUT2D eigenvalue weighted by Gasteiger charge is 2.16. The Labute approximate surface area is 98.1 Å². The maximum Gasteiger partial charge on any atom is 0.252 e. The third-order valence-electron chi connectivity index (χ3n) is 2.99. The number of nitrogens with zero attached hydrogens (tertiary/aromatic N) is 1. The number of hydrogen-bond acceptors (Lipinski definition) is 1. The van der Waals surface area contributed by atoms with Crippen LogP contribution in [0.4, 0.5) is 0 Å². The molecule has 2 heterocycles. The molecule has 3 heteroatoms. The average molecular weight is 232 g/mol. The summed E-state index contributed by atoms with van der Waals surface area (Å²) in [5.41, 5.74) is 3.31. The van der Waals surface area contributed by atoms with Crippen LogP contribution in [-0.4, -0.2) is 4.57 Å². The molecule has 0 atom stereocenters. The van der Waals surface area contributed by atoms with E-state index < -0.39 is 0 Å². The normalized spacial score (nSPS) is 13.1. The molecule has 1 aromatic heterocycles. The minimum absolute atomic E-state index is 0.0167. The van der Waals surface area contributed by atoms with E-state index in [0.717, 1.165) is 24.2 Å². The van der Waals surface area contributed by atoms with Gasteiger partial charge in [0.15, 0.2) is 0 Å². The topological polar surface area (TPSA) is 22.0 Å². The number of halogens is 1. The third kappa shape index (κ3) is 1.38. The van der Waals surface area contributed by atoms with Gasteiger partial charge in [0.2, 0.25) is 0 Å². The lowest BCUT2D eigenvalue weighted by Crippen LogP contribution is -2.25. The van der Waals surface area contributed by atoms with Crippen molar-refractivity contribution in [3.05, 3.63) is 57.3 Å². The van der Waals surface area contributed by atoms with E-state index >= 15 is 0 Å². The van der Waals surface area contributed by atoms with Crippen molar-refractivity contribution >= 4 is 11.6 Å². The highest BCUT2D eigenvalue weighted by molar-refractivity contribution is 6.30. The SMILES string of the molecule is O=c1cc(Cl)cc2n1CCc1ccccc1-2. The summed E-state index contributed by atoms with van der Waals surface area (Å²) in [7, 11) is 0. The third-order valence-corrected chi connectivity index (χ3v) is 3.21. The summed E-state index contributed by atoms with van der Waals surface area (Å²) in [6.07, 6.45) is 0.907. The molecular weight excluding hydrogens is 222 g/mol. The van der Waals surface area contributed by atoms with Crippen LogP contribution < -0.4 is 5.56 Å². The fourth-order valence-corrected chi connectivity index (χ4v) is 2.44. The summed E-state index contributed by atoms with van der Waals surface area (Å²) in [6, 6.07) is 11.5. The molecule has 0 aliphatic carbocycles. The summed E-state index contributed by atoms with van der Waals surface area (Å²) < 4.78 is 1.79. The van der Waals surface area contributed by atoms with E-state index in [2.05, 4.69) is 6.07 Å². The van der Waals surface area contributed by atoms with Gasteiger partial charge in [0.1, 0.15) is 0 Å².